The van der Waals surface area contributed by atoms with Crippen molar-refractivity contribution in [2.75, 3.05) is 13.2 Å². The second-order valence-corrected chi connectivity index (χ2v) is 3.69. The van der Waals surface area contributed by atoms with Crippen molar-refractivity contribution < 1.29 is 14.9 Å². The first kappa shape index (κ1) is 15.1. The van der Waals surface area contributed by atoms with Crippen LogP contribution >= 0.6 is 0 Å². The van der Waals surface area contributed by atoms with Gasteiger partial charge in [-0.3, -0.25) is 5.26 Å². The molecular weight excluding hydrogens is 204 g/mol. The van der Waals surface area contributed by atoms with Gasteiger partial charge >= 0.3 is 0 Å². The van der Waals surface area contributed by atoms with Gasteiger partial charge in [0.15, 0.2) is 0 Å². The van der Waals surface area contributed by atoms with Crippen molar-refractivity contribution in [1.82, 2.24) is 0 Å². The summed E-state index contributed by atoms with van der Waals surface area (Å²) in [5.74, 6) is 0.382. The van der Waals surface area contributed by atoms with E-state index >= 15 is 0 Å². The van der Waals surface area contributed by atoms with E-state index in [0.717, 1.165) is 0 Å². The average molecular weight is 226 g/mol. The van der Waals surface area contributed by atoms with Crippen LogP contribution in [0.3, 0.4) is 0 Å². The summed E-state index contributed by atoms with van der Waals surface area (Å²) in [5.41, 5.74) is 0. The quantitative estimate of drug-likeness (QED) is 0.619. The summed E-state index contributed by atoms with van der Waals surface area (Å²) in [6.07, 6.45) is 0.00926. The minimum atomic E-state index is 0.00926. The van der Waals surface area contributed by atoms with Gasteiger partial charge in [-0.25, -0.2) is 4.89 Å². The Bertz CT molecular complexity index is 191. The van der Waals surface area contributed by atoms with Crippen molar-refractivity contribution in [3.05, 3.63) is 36.4 Å². The lowest BCUT2D eigenvalue weighted by atomic mass is 10.1. The minimum Gasteiger partial charge on any atom is -0.376 e. The SMILES string of the molecule is CCOC(COO)C(C)C.c1ccccc1. The maximum absolute atomic E-state index is 8.13. The molecule has 1 rings (SSSR count). The monoisotopic (exact) mass is 226 g/mol. The molecule has 0 amide bonds. The number of ether oxygens (including phenoxy) is 1. The Morgan fingerprint density at radius 2 is 1.44 bits per heavy atom. The summed E-state index contributed by atoms with van der Waals surface area (Å²) < 4.78 is 5.26. The second kappa shape index (κ2) is 10.6. The first-order valence-corrected chi connectivity index (χ1v) is 5.60. The van der Waals surface area contributed by atoms with Crippen LogP contribution in [0.2, 0.25) is 0 Å². The van der Waals surface area contributed by atoms with Gasteiger partial charge in [-0.1, -0.05) is 50.2 Å². The van der Waals surface area contributed by atoms with Gasteiger partial charge in [0.1, 0.15) is 6.61 Å². The molecule has 0 aliphatic carbocycles. The van der Waals surface area contributed by atoms with Crippen molar-refractivity contribution in [3.8, 4) is 0 Å². The van der Waals surface area contributed by atoms with Crippen molar-refractivity contribution in [2.45, 2.75) is 26.9 Å². The topological polar surface area (TPSA) is 38.7 Å². The Hall–Kier alpha value is -0.900. The van der Waals surface area contributed by atoms with Gasteiger partial charge < -0.3 is 4.74 Å². The van der Waals surface area contributed by atoms with Gasteiger partial charge in [0.25, 0.3) is 0 Å². The molecule has 1 aromatic rings. The summed E-state index contributed by atoms with van der Waals surface area (Å²) >= 11 is 0. The number of benzene rings is 1. The molecule has 3 heteroatoms. The summed E-state index contributed by atoms with van der Waals surface area (Å²) in [4.78, 5) is 3.99. The van der Waals surface area contributed by atoms with Crippen LogP contribution in [0, 0.1) is 5.92 Å². The van der Waals surface area contributed by atoms with Crippen molar-refractivity contribution in [1.29, 1.82) is 0 Å². The zero-order valence-electron chi connectivity index (χ0n) is 10.3. The number of rotatable bonds is 5. The Morgan fingerprint density at radius 3 is 1.69 bits per heavy atom. The van der Waals surface area contributed by atoms with Gasteiger partial charge in [0.2, 0.25) is 0 Å². The molecule has 0 aliphatic heterocycles. The van der Waals surface area contributed by atoms with Crippen LogP contribution in [-0.2, 0) is 9.62 Å². The van der Waals surface area contributed by atoms with Crippen LogP contribution in [0.4, 0.5) is 0 Å². The maximum atomic E-state index is 8.13. The summed E-state index contributed by atoms with van der Waals surface area (Å²) in [6.45, 7) is 6.89. The van der Waals surface area contributed by atoms with E-state index in [0.29, 0.717) is 12.5 Å². The molecule has 92 valence electrons. The molecule has 0 aromatic heterocycles. The van der Waals surface area contributed by atoms with Crippen LogP contribution in [0.5, 0.6) is 0 Å². The molecule has 0 radical (unpaired) electrons. The Labute approximate surface area is 97.9 Å². The van der Waals surface area contributed by atoms with E-state index in [1.165, 1.54) is 0 Å². The normalized spacial score (nSPS) is 11.8. The smallest absolute Gasteiger partial charge is 0.108 e. The van der Waals surface area contributed by atoms with E-state index in [1.807, 2.05) is 57.2 Å². The lowest BCUT2D eigenvalue weighted by Gasteiger charge is -2.18. The molecule has 0 aliphatic rings. The summed E-state index contributed by atoms with van der Waals surface area (Å²) in [5, 5.41) is 8.13. The lowest BCUT2D eigenvalue weighted by Crippen LogP contribution is -2.25. The van der Waals surface area contributed by atoms with Crippen LogP contribution in [0.15, 0.2) is 36.4 Å². The fraction of sp³-hybridized carbons (Fsp3) is 0.538. The first-order chi connectivity index (χ1) is 7.72. The molecule has 0 heterocycles. The molecule has 3 nitrogen and oxygen atoms in total. The third-order valence-electron chi connectivity index (χ3n) is 2.03. The first-order valence-electron chi connectivity index (χ1n) is 5.60. The van der Waals surface area contributed by atoms with Gasteiger partial charge in [-0.05, 0) is 12.8 Å². The standard InChI is InChI=1S/C7H16O3.C6H6/c1-4-9-7(5-10-8)6(2)3;1-2-4-6-5-3-1/h6-8H,4-5H2,1-3H3;1-6H. The highest BCUT2D eigenvalue weighted by Crippen LogP contribution is 2.05. The Kier molecular flexibility index (Phi) is 10.0. The minimum absolute atomic E-state index is 0.00926. The van der Waals surface area contributed by atoms with E-state index < -0.39 is 0 Å². The number of hydrogen-bond donors (Lipinski definition) is 1. The maximum Gasteiger partial charge on any atom is 0.108 e. The van der Waals surface area contributed by atoms with E-state index in [9.17, 15) is 0 Å². The zero-order valence-corrected chi connectivity index (χ0v) is 10.3. The molecule has 0 spiro atoms. The van der Waals surface area contributed by atoms with E-state index in [1.54, 1.807) is 0 Å². The Morgan fingerprint density at radius 1 is 1.00 bits per heavy atom. The zero-order chi connectivity index (χ0) is 12.2. The van der Waals surface area contributed by atoms with E-state index in [-0.39, 0.29) is 12.7 Å². The third-order valence-corrected chi connectivity index (χ3v) is 2.03. The largest absolute Gasteiger partial charge is 0.376 e. The van der Waals surface area contributed by atoms with Gasteiger partial charge in [0.05, 0.1) is 6.10 Å². The molecule has 1 unspecified atom stereocenters. The van der Waals surface area contributed by atoms with Crippen molar-refractivity contribution in [3.63, 3.8) is 0 Å². The predicted octanol–water partition coefficient (Wildman–Crippen LogP) is 3.22. The third kappa shape index (κ3) is 8.41. The Balaban J connectivity index is 0.000000315. The molecule has 16 heavy (non-hydrogen) atoms. The predicted molar refractivity (Wildman–Crippen MR) is 65.3 cm³/mol. The molecule has 1 N–H and O–H groups in total. The molecule has 0 fully saturated rings. The highest BCUT2D eigenvalue weighted by Gasteiger charge is 2.12. The molecule has 1 atom stereocenters. The molecule has 0 bridgehead atoms. The highest BCUT2D eigenvalue weighted by molar-refractivity contribution is 4.99. The van der Waals surface area contributed by atoms with E-state index in [4.69, 9.17) is 9.99 Å². The molecular formula is C13H22O3. The van der Waals surface area contributed by atoms with Crippen LogP contribution < -0.4 is 0 Å². The number of hydrogen-bond acceptors (Lipinski definition) is 3. The second-order valence-electron chi connectivity index (χ2n) is 3.69. The van der Waals surface area contributed by atoms with Crippen LogP contribution in [0.25, 0.3) is 0 Å². The van der Waals surface area contributed by atoms with Gasteiger partial charge in [-0.15, -0.1) is 0 Å². The molecule has 0 saturated heterocycles. The van der Waals surface area contributed by atoms with Crippen LogP contribution in [0.1, 0.15) is 20.8 Å². The van der Waals surface area contributed by atoms with Gasteiger partial charge in [-0.2, -0.15) is 0 Å². The molecule has 0 saturated carbocycles. The van der Waals surface area contributed by atoms with Gasteiger partial charge in [0, 0.05) is 6.61 Å². The summed E-state index contributed by atoms with van der Waals surface area (Å²) in [7, 11) is 0. The highest BCUT2D eigenvalue weighted by atomic mass is 17.1. The van der Waals surface area contributed by atoms with Crippen LogP contribution in [-0.4, -0.2) is 24.6 Å². The average Bonchev–Trinajstić information content (AvgIpc) is 2.32. The summed E-state index contributed by atoms with van der Waals surface area (Å²) in [6, 6.07) is 12.0. The van der Waals surface area contributed by atoms with E-state index in [2.05, 4.69) is 4.89 Å². The fourth-order valence-electron chi connectivity index (χ4n) is 1.11. The fourth-order valence-corrected chi connectivity index (χ4v) is 1.11. The van der Waals surface area contributed by atoms with Crippen molar-refractivity contribution >= 4 is 0 Å². The van der Waals surface area contributed by atoms with Crippen molar-refractivity contribution in [2.24, 2.45) is 5.92 Å². The lowest BCUT2D eigenvalue weighted by molar-refractivity contribution is -0.263. The molecule has 1 aromatic carbocycles.